The number of hydrogen-bond acceptors (Lipinski definition) is 4. The van der Waals surface area contributed by atoms with E-state index in [-0.39, 0.29) is 0 Å². The maximum Gasteiger partial charge on any atom is 0.0565 e. The molecular weight excluding hydrogens is 208 g/mol. The van der Waals surface area contributed by atoms with Gasteiger partial charge in [0, 0.05) is 0 Å². The predicted octanol–water partition coefficient (Wildman–Crippen LogP) is 0.810. The lowest BCUT2D eigenvalue weighted by Crippen LogP contribution is -2.21. The molecule has 0 aromatic heterocycles. The second kappa shape index (κ2) is 8.93. The number of hydrogen-bond donors (Lipinski definition) is 4. The van der Waals surface area contributed by atoms with Gasteiger partial charge < -0.3 is 20.4 Å². The highest BCUT2D eigenvalue weighted by molar-refractivity contribution is 4.67. The van der Waals surface area contributed by atoms with Gasteiger partial charge in [0.15, 0.2) is 0 Å². The fraction of sp³-hybridized carbons (Fsp3) is 1.00. The minimum Gasteiger partial charge on any atom is -0.393 e. The summed E-state index contributed by atoms with van der Waals surface area (Å²) in [5.41, 5.74) is 0. The molecule has 98 valence electrons. The van der Waals surface area contributed by atoms with E-state index in [1.807, 2.05) is 13.8 Å². The molecule has 0 aliphatic carbocycles. The van der Waals surface area contributed by atoms with E-state index >= 15 is 0 Å². The van der Waals surface area contributed by atoms with E-state index in [9.17, 15) is 20.4 Å². The van der Waals surface area contributed by atoms with E-state index in [1.165, 1.54) is 0 Å². The molecule has 16 heavy (non-hydrogen) atoms. The van der Waals surface area contributed by atoms with Crippen LogP contribution < -0.4 is 0 Å². The topological polar surface area (TPSA) is 80.9 Å². The summed E-state index contributed by atoms with van der Waals surface area (Å²) < 4.78 is 0. The Morgan fingerprint density at radius 2 is 0.938 bits per heavy atom. The van der Waals surface area contributed by atoms with Crippen molar-refractivity contribution >= 4 is 0 Å². The molecule has 0 fully saturated rings. The normalized spacial score (nSPS) is 19.1. The van der Waals surface area contributed by atoms with Gasteiger partial charge in [-0.15, -0.1) is 0 Å². The molecule has 0 bridgehead atoms. The monoisotopic (exact) mass is 234 g/mol. The molecule has 4 nitrogen and oxygen atoms in total. The molecule has 0 aromatic carbocycles. The van der Waals surface area contributed by atoms with Gasteiger partial charge in [-0.3, -0.25) is 0 Å². The molecule has 4 atom stereocenters. The van der Waals surface area contributed by atoms with Crippen molar-refractivity contribution in [3.63, 3.8) is 0 Å². The maximum absolute atomic E-state index is 9.56. The highest BCUT2D eigenvalue weighted by atomic mass is 16.3. The molecule has 0 spiro atoms. The molecule has 0 aromatic rings. The van der Waals surface area contributed by atoms with Gasteiger partial charge in [-0.2, -0.15) is 0 Å². The molecular formula is C12H26O4. The molecule has 0 unspecified atom stereocenters. The third kappa shape index (κ3) is 8.05. The molecule has 0 aliphatic heterocycles. The van der Waals surface area contributed by atoms with Gasteiger partial charge in [-0.05, 0) is 38.5 Å². The summed E-state index contributed by atoms with van der Waals surface area (Å²) in [4.78, 5) is 0. The van der Waals surface area contributed by atoms with Crippen LogP contribution in [0.1, 0.15) is 52.4 Å². The summed E-state index contributed by atoms with van der Waals surface area (Å²) in [5, 5.41) is 37.7. The van der Waals surface area contributed by atoms with Crippen molar-refractivity contribution in [1.29, 1.82) is 0 Å². The number of rotatable bonds is 9. The molecule has 0 saturated carbocycles. The van der Waals surface area contributed by atoms with E-state index in [0.717, 1.165) is 0 Å². The smallest absolute Gasteiger partial charge is 0.0565 e. The van der Waals surface area contributed by atoms with Gasteiger partial charge in [-0.1, -0.05) is 13.8 Å². The largest absolute Gasteiger partial charge is 0.393 e. The van der Waals surface area contributed by atoms with Gasteiger partial charge in [0.1, 0.15) is 0 Å². The number of aliphatic hydroxyl groups excluding tert-OH is 4. The van der Waals surface area contributed by atoms with Crippen molar-refractivity contribution in [2.45, 2.75) is 76.8 Å². The third-order valence-corrected chi connectivity index (χ3v) is 2.86. The Hall–Kier alpha value is -0.160. The highest BCUT2D eigenvalue weighted by Gasteiger charge is 2.14. The summed E-state index contributed by atoms with van der Waals surface area (Å²) in [6, 6.07) is 0. The van der Waals surface area contributed by atoms with Crippen LogP contribution in [0.2, 0.25) is 0 Å². The zero-order valence-corrected chi connectivity index (χ0v) is 10.3. The van der Waals surface area contributed by atoms with Crippen molar-refractivity contribution < 1.29 is 20.4 Å². The second-order valence-corrected chi connectivity index (χ2v) is 4.48. The first-order valence-corrected chi connectivity index (χ1v) is 6.21. The molecule has 0 aliphatic rings. The lowest BCUT2D eigenvalue weighted by atomic mass is 10.0. The SMILES string of the molecule is CC[C@H](O)C[C@H](O)CC[C@@H](O)C[C@@H](O)CC. The fourth-order valence-corrected chi connectivity index (χ4v) is 1.58. The van der Waals surface area contributed by atoms with Crippen LogP contribution >= 0.6 is 0 Å². The molecule has 4 N–H and O–H groups in total. The summed E-state index contributed by atoms with van der Waals surface area (Å²) >= 11 is 0. The Balaban J connectivity index is 3.62. The van der Waals surface area contributed by atoms with Crippen molar-refractivity contribution in [2.75, 3.05) is 0 Å². The molecule has 0 rings (SSSR count). The van der Waals surface area contributed by atoms with Gasteiger partial charge in [0.25, 0.3) is 0 Å². The third-order valence-electron chi connectivity index (χ3n) is 2.86. The van der Waals surface area contributed by atoms with Gasteiger partial charge >= 0.3 is 0 Å². The summed E-state index contributed by atoms with van der Waals surface area (Å²) in [6.07, 6.45) is 0.860. The maximum atomic E-state index is 9.56. The Bertz CT molecular complexity index is 145. The van der Waals surface area contributed by atoms with Crippen LogP contribution in [0.4, 0.5) is 0 Å². The average molecular weight is 234 g/mol. The first kappa shape index (κ1) is 15.8. The minimum atomic E-state index is -0.566. The summed E-state index contributed by atoms with van der Waals surface area (Å²) in [5.74, 6) is 0. The molecule has 0 heterocycles. The second-order valence-electron chi connectivity index (χ2n) is 4.48. The van der Waals surface area contributed by atoms with Crippen molar-refractivity contribution in [3.05, 3.63) is 0 Å². The molecule has 0 saturated heterocycles. The van der Waals surface area contributed by atoms with Crippen molar-refractivity contribution in [3.8, 4) is 0 Å². The molecule has 4 heteroatoms. The molecule has 0 radical (unpaired) electrons. The van der Waals surface area contributed by atoms with Crippen LogP contribution in [-0.4, -0.2) is 44.8 Å². The minimum absolute atomic E-state index is 0.361. The van der Waals surface area contributed by atoms with Gasteiger partial charge in [-0.25, -0.2) is 0 Å². The Morgan fingerprint density at radius 1 is 0.625 bits per heavy atom. The highest BCUT2D eigenvalue weighted by Crippen LogP contribution is 2.12. The summed E-state index contributed by atoms with van der Waals surface area (Å²) in [6.45, 7) is 3.73. The van der Waals surface area contributed by atoms with E-state index in [1.54, 1.807) is 0 Å². The van der Waals surface area contributed by atoms with Crippen LogP contribution in [0.3, 0.4) is 0 Å². The Kier molecular flexibility index (Phi) is 8.84. The number of aliphatic hydroxyl groups is 4. The van der Waals surface area contributed by atoms with Gasteiger partial charge in [0.2, 0.25) is 0 Å². The first-order valence-electron chi connectivity index (χ1n) is 6.21. The predicted molar refractivity (Wildman–Crippen MR) is 63.1 cm³/mol. The van der Waals surface area contributed by atoms with Crippen molar-refractivity contribution in [2.24, 2.45) is 0 Å². The van der Waals surface area contributed by atoms with Crippen LogP contribution in [0.5, 0.6) is 0 Å². The van der Waals surface area contributed by atoms with E-state index in [2.05, 4.69) is 0 Å². The fourth-order valence-electron chi connectivity index (χ4n) is 1.58. The Labute approximate surface area is 97.9 Å². The standard InChI is InChI=1S/C12H26O4/c1-3-9(13)7-11(15)5-6-12(16)8-10(14)4-2/h9-16H,3-8H2,1-2H3/t9-,10-,11+,12+/m0/s1. The lowest BCUT2D eigenvalue weighted by Gasteiger charge is -2.18. The average Bonchev–Trinajstić information content (AvgIpc) is 2.26. The zero-order chi connectivity index (χ0) is 12.6. The quantitative estimate of drug-likeness (QED) is 0.476. The zero-order valence-electron chi connectivity index (χ0n) is 10.3. The van der Waals surface area contributed by atoms with Gasteiger partial charge in [0.05, 0.1) is 24.4 Å². The molecule has 0 amide bonds. The lowest BCUT2D eigenvalue weighted by molar-refractivity contribution is 0.0426. The first-order chi connectivity index (χ1) is 7.49. The van der Waals surface area contributed by atoms with E-state index < -0.39 is 24.4 Å². The van der Waals surface area contributed by atoms with Crippen LogP contribution in [-0.2, 0) is 0 Å². The van der Waals surface area contributed by atoms with Crippen LogP contribution in [0.25, 0.3) is 0 Å². The van der Waals surface area contributed by atoms with Crippen LogP contribution in [0.15, 0.2) is 0 Å². The van der Waals surface area contributed by atoms with E-state index in [4.69, 9.17) is 0 Å². The van der Waals surface area contributed by atoms with E-state index in [0.29, 0.717) is 38.5 Å². The summed E-state index contributed by atoms with van der Waals surface area (Å²) in [7, 11) is 0. The Morgan fingerprint density at radius 3 is 1.19 bits per heavy atom. The van der Waals surface area contributed by atoms with Crippen LogP contribution in [0, 0.1) is 0 Å². The van der Waals surface area contributed by atoms with Crippen molar-refractivity contribution in [1.82, 2.24) is 0 Å².